The highest BCUT2D eigenvalue weighted by atomic mass is 32.2. The first-order valence-corrected chi connectivity index (χ1v) is 6.19. The number of rotatable bonds is 3. The maximum atomic E-state index is 11.6. The third-order valence-corrected chi connectivity index (χ3v) is 4.25. The van der Waals surface area contributed by atoms with Crippen LogP contribution >= 0.6 is 0 Å². The van der Waals surface area contributed by atoms with Crippen molar-refractivity contribution in [1.82, 2.24) is 0 Å². The first kappa shape index (κ1) is 11.9. The summed E-state index contributed by atoms with van der Waals surface area (Å²) >= 11 is 0. The molecule has 0 radical (unpaired) electrons. The molecule has 74 valence electrons. The fourth-order valence-corrected chi connectivity index (χ4v) is 2.08. The van der Waals surface area contributed by atoms with Gasteiger partial charge in [0.25, 0.3) is 0 Å². The van der Waals surface area contributed by atoms with E-state index in [4.69, 9.17) is 4.78 Å². The van der Waals surface area contributed by atoms with Gasteiger partial charge in [-0.2, -0.15) is 0 Å². The Hall–Kier alpha value is -0.0500. The lowest BCUT2D eigenvalue weighted by Gasteiger charge is -2.20. The molecule has 0 aromatic heterocycles. The van der Waals surface area contributed by atoms with Crippen molar-refractivity contribution in [3.63, 3.8) is 0 Å². The molecular formula is C9H21NOS. The van der Waals surface area contributed by atoms with E-state index in [9.17, 15) is 4.21 Å². The molecule has 0 bridgehead atoms. The van der Waals surface area contributed by atoms with Gasteiger partial charge in [0.15, 0.2) is 0 Å². The van der Waals surface area contributed by atoms with Crippen LogP contribution in [-0.4, -0.2) is 15.2 Å². The second-order valence-electron chi connectivity index (χ2n) is 4.79. The molecule has 0 aliphatic carbocycles. The van der Waals surface area contributed by atoms with E-state index < -0.39 is 9.73 Å². The number of hydrogen-bond acceptors (Lipinski definition) is 2. The summed E-state index contributed by atoms with van der Waals surface area (Å²) in [5.74, 6) is 0.536. The van der Waals surface area contributed by atoms with Crippen LogP contribution in [0.3, 0.4) is 0 Å². The van der Waals surface area contributed by atoms with Crippen LogP contribution in [0.1, 0.15) is 41.0 Å². The third kappa shape index (κ3) is 4.75. The summed E-state index contributed by atoms with van der Waals surface area (Å²) in [6, 6.07) is 0. The van der Waals surface area contributed by atoms with Crippen LogP contribution < -0.4 is 0 Å². The molecule has 0 aliphatic heterocycles. The predicted molar refractivity (Wildman–Crippen MR) is 54.9 cm³/mol. The van der Waals surface area contributed by atoms with E-state index in [0.717, 1.165) is 6.42 Å². The highest BCUT2D eigenvalue weighted by Gasteiger charge is 2.17. The van der Waals surface area contributed by atoms with E-state index >= 15 is 0 Å². The van der Waals surface area contributed by atoms with E-state index in [2.05, 4.69) is 20.8 Å². The van der Waals surface area contributed by atoms with Gasteiger partial charge in [-0.1, -0.05) is 34.6 Å². The zero-order valence-electron chi connectivity index (χ0n) is 8.81. The zero-order chi connectivity index (χ0) is 9.99. The third-order valence-electron chi connectivity index (χ3n) is 1.92. The smallest absolute Gasteiger partial charge is 0.0465 e. The molecule has 0 saturated heterocycles. The maximum Gasteiger partial charge on any atom is 0.0465 e. The minimum absolute atomic E-state index is 0.0140. The molecule has 1 atom stereocenters. The van der Waals surface area contributed by atoms with Gasteiger partial charge in [-0.15, -0.1) is 0 Å². The molecule has 0 aromatic rings. The lowest BCUT2D eigenvalue weighted by atomic mass is 9.94. The second-order valence-corrected chi connectivity index (χ2v) is 7.59. The minimum atomic E-state index is -2.33. The van der Waals surface area contributed by atoms with E-state index in [0.29, 0.717) is 5.75 Å². The molecule has 0 amide bonds. The van der Waals surface area contributed by atoms with E-state index in [1.54, 1.807) is 0 Å². The number of nitrogens with one attached hydrogen (secondary N) is 1. The fourth-order valence-electron chi connectivity index (χ4n) is 0.694. The van der Waals surface area contributed by atoms with Gasteiger partial charge in [0.2, 0.25) is 0 Å². The normalized spacial score (nSPS) is 17.8. The molecule has 0 heterocycles. The molecule has 1 N–H and O–H groups in total. The quantitative estimate of drug-likeness (QED) is 0.732. The summed E-state index contributed by atoms with van der Waals surface area (Å²) in [5.41, 5.74) is 0.193. The van der Waals surface area contributed by atoms with Crippen LogP contribution in [-0.2, 0) is 9.73 Å². The Bertz CT molecular complexity index is 221. The molecule has 0 saturated carbocycles. The largest absolute Gasteiger partial charge is 0.253 e. The summed E-state index contributed by atoms with van der Waals surface area (Å²) in [6.45, 7) is 10.1. The Kier molecular flexibility index (Phi) is 3.76. The van der Waals surface area contributed by atoms with Crippen LogP contribution in [0.5, 0.6) is 0 Å². The Labute approximate surface area is 76.7 Å². The van der Waals surface area contributed by atoms with Crippen LogP contribution in [0.25, 0.3) is 0 Å². The van der Waals surface area contributed by atoms with Crippen LogP contribution in [0.2, 0.25) is 0 Å². The van der Waals surface area contributed by atoms with Crippen molar-refractivity contribution in [3.05, 3.63) is 0 Å². The molecule has 0 rings (SSSR count). The Morgan fingerprint density at radius 3 is 2.00 bits per heavy atom. The van der Waals surface area contributed by atoms with E-state index in [1.165, 1.54) is 0 Å². The minimum Gasteiger partial charge on any atom is -0.253 e. The van der Waals surface area contributed by atoms with Crippen molar-refractivity contribution in [1.29, 1.82) is 4.78 Å². The predicted octanol–water partition coefficient (Wildman–Crippen LogP) is 2.88. The fraction of sp³-hybridized carbons (Fsp3) is 1.00. The first-order valence-electron chi connectivity index (χ1n) is 4.40. The maximum absolute atomic E-state index is 11.6. The van der Waals surface area contributed by atoms with E-state index in [1.807, 2.05) is 13.8 Å². The molecule has 0 aromatic carbocycles. The molecule has 1 unspecified atom stereocenters. The highest BCUT2D eigenvalue weighted by molar-refractivity contribution is 7.92. The Morgan fingerprint density at radius 1 is 1.33 bits per heavy atom. The van der Waals surface area contributed by atoms with Crippen LogP contribution in [0, 0.1) is 10.2 Å². The zero-order valence-corrected chi connectivity index (χ0v) is 9.62. The Balaban J connectivity index is 4.12. The summed E-state index contributed by atoms with van der Waals surface area (Å²) in [6.07, 6.45) is 0.869. The second kappa shape index (κ2) is 3.77. The SMILES string of the molecule is CC(C)S(=N)(=O)CCC(C)(C)C. The average Bonchev–Trinajstić information content (AvgIpc) is 1.82. The molecule has 3 heteroatoms. The van der Waals surface area contributed by atoms with Gasteiger partial charge in [-0.05, 0) is 11.8 Å². The van der Waals surface area contributed by atoms with Gasteiger partial charge >= 0.3 is 0 Å². The molecule has 0 spiro atoms. The lowest BCUT2D eigenvalue weighted by molar-refractivity contribution is 0.399. The van der Waals surface area contributed by atoms with Crippen molar-refractivity contribution >= 4 is 9.73 Å². The highest BCUT2D eigenvalue weighted by Crippen LogP contribution is 2.20. The van der Waals surface area contributed by atoms with Crippen molar-refractivity contribution in [2.24, 2.45) is 5.41 Å². The lowest BCUT2D eigenvalue weighted by Crippen LogP contribution is -2.20. The molecule has 0 aliphatic rings. The summed E-state index contributed by atoms with van der Waals surface area (Å²) in [7, 11) is -2.33. The molecule has 0 fully saturated rings. The van der Waals surface area contributed by atoms with Gasteiger partial charge < -0.3 is 0 Å². The standard InChI is InChI=1S/C9H21NOS/c1-8(2)12(10,11)7-6-9(3,4)5/h8,10H,6-7H2,1-5H3. The first-order chi connectivity index (χ1) is 5.15. The summed E-state index contributed by atoms with van der Waals surface area (Å²) < 4.78 is 19.2. The molecule has 12 heavy (non-hydrogen) atoms. The van der Waals surface area contributed by atoms with Crippen LogP contribution in [0.15, 0.2) is 0 Å². The van der Waals surface area contributed by atoms with Gasteiger partial charge in [-0.25, -0.2) is 4.21 Å². The molecule has 2 nitrogen and oxygen atoms in total. The van der Waals surface area contributed by atoms with Crippen molar-refractivity contribution in [3.8, 4) is 0 Å². The van der Waals surface area contributed by atoms with Crippen molar-refractivity contribution in [2.45, 2.75) is 46.3 Å². The Morgan fingerprint density at radius 2 is 1.75 bits per heavy atom. The van der Waals surface area contributed by atoms with E-state index in [-0.39, 0.29) is 10.7 Å². The van der Waals surface area contributed by atoms with Gasteiger partial charge in [0.05, 0.1) is 0 Å². The van der Waals surface area contributed by atoms with Gasteiger partial charge in [0.1, 0.15) is 0 Å². The summed E-state index contributed by atoms with van der Waals surface area (Å²) in [5, 5.41) is -0.0140. The van der Waals surface area contributed by atoms with Gasteiger partial charge in [-0.3, -0.25) is 4.78 Å². The topological polar surface area (TPSA) is 40.9 Å². The molecular weight excluding hydrogens is 170 g/mol. The van der Waals surface area contributed by atoms with Crippen molar-refractivity contribution < 1.29 is 4.21 Å². The van der Waals surface area contributed by atoms with Gasteiger partial charge in [0, 0.05) is 20.7 Å². The monoisotopic (exact) mass is 191 g/mol. The number of hydrogen-bond donors (Lipinski definition) is 1. The summed E-state index contributed by atoms with van der Waals surface area (Å²) in [4.78, 5) is 0. The van der Waals surface area contributed by atoms with Crippen LogP contribution in [0.4, 0.5) is 0 Å². The van der Waals surface area contributed by atoms with Crippen molar-refractivity contribution in [2.75, 3.05) is 5.75 Å². The average molecular weight is 191 g/mol.